The Morgan fingerprint density at radius 2 is 1.70 bits per heavy atom. The zero-order chi connectivity index (χ0) is 14.8. The van der Waals surface area contributed by atoms with E-state index in [9.17, 15) is 8.42 Å². The van der Waals surface area contributed by atoms with Crippen LogP contribution < -0.4 is 5.32 Å². The number of hydrogen-bond donors (Lipinski definition) is 1. The Hall–Kier alpha value is -1.07. The first kappa shape index (κ1) is 17.0. The normalized spacial score (nSPS) is 11.5. The van der Waals surface area contributed by atoms with Crippen molar-refractivity contribution in [3.8, 4) is 0 Å². The minimum absolute atomic E-state index is 0.134. The maximum Gasteiger partial charge on any atom is 0.178 e. The first-order chi connectivity index (χ1) is 9.60. The van der Waals surface area contributed by atoms with Crippen molar-refractivity contribution in [3.63, 3.8) is 0 Å². The van der Waals surface area contributed by atoms with Crippen molar-refractivity contribution >= 4 is 15.5 Å². The van der Waals surface area contributed by atoms with E-state index in [-0.39, 0.29) is 5.75 Å². The third-order valence-corrected chi connectivity index (χ3v) is 4.78. The van der Waals surface area contributed by atoms with E-state index in [2.05, 4.69) is 12.2 Å². The van der Waals surface area contributed by atoms with Gasteiger partial charge in [-0.15, -0.1) is 0 Å². The molecule has 0 fully saturated rings. The van der Waals surface area contributed by atoms with E-state index in [0.717, 1.165) is 44.7 Å². The van der Waals surface area contributed by atoms with E-state index in [0.29, 0.717) is 4.90 Å². The number of anilines is 1. The number of ether oxygens (including phenoxy) is 1. The minimum atomic E-state index is -3.10. The van der Waals surface area contributed by atoms with Gasteiger partial charge in [0.25, 0.3) is 0 Å². The fourth-order valence-electron chi connectivity index (χ4n) is 1.70. The molecule has 0 bridgehead atoms. The van der Waals surface area contributed by atoms with Gasteiger partial charge in [-0.2, -0.15) is 0 Å². The van der Waals surface area contributed by atoms with Crippen LogP contribution in [0.3, 0.4) is 0 Å². The molecular formula is C15H25NO3S. The summed E-state index contributed by atoms with van der Waals surface area (Å²) in [6.45, 7) is 6.22. The van der Waals surface area contributed by atoms with E-state index < -0.39 is 9.84 Å². The molecule has 0 saturated heterocycles. The van der Waals surface area contributed by atoms with E-state index >= 15 is 0 Å². The predicted octanol–water partition coefficient (Wildman–Crippen LogP) is 3.10. The van der Waals surface area contributed by atoms with Crippen LogP contribution in [0.5, 0.6) is 0 Å². The Morgan fingerprint density at radius 1 is 1.05 bits per heavy atom. The molecule has 114 valence electrons. The molecule has 0 heterocycles. The smallest absolute Gasteiger partial charge is 0.178 e. The van der Waals surface area contributed by atoms with Gasteiger partial charge >= 0.3 is 0 Å². The van der Waals surface area contributed by atoms with Crippen molar-refractivity contribution in [1.29, 1.82) is 0 Å². The van der Waals surface area contributed by atoms with Crippen LogP contribution in [0, 0.1) is 0 Å². The molecule has 1 aromatic carbocycles. The first-order valence-corrected chi connectivity index (χ1v) is 8.89. The summed E-state index contributed by atoms with van der Waals surface area (Å²) in [5, 5.41) is 3.26. The number of benzene rings is 1. The van der Waals surface area contributed by atoms with Crippen LogP contribution >= 0.6 is 0 Å². The molecule has 0 atom stereocenters. The Morgan fingerprint density at radius 3 is 2.30 bits per heavy atom. The molecule has 1 N–H and O–H groups in total. The zero-order valence-electron chi connectivity index (χ0n) is 12.4. The van der Waals surface area contributed by atoms with Gasteiger partial charge in [0.15, 0.2) is 9.84 Å². The minimum Gasteiger partial charge on any atom is -0.385 e. The lowest BCUT2D eigenvalue weighted by Crippen LogP contribution is -2.07. The van der Waals surface area contributed by atoms with E-state index in [4.69, 9.17) is 4.74 Å². The third-order valence-electron chi connectivity index (χ3n) is 3.03. The summed E-state index contributed by atoms with van der Waals surface area (Å²) in [6, 6.07) is 6.92. The average Bonchev–Trinajstić information content (AvgIpc) is 2.47. The molecule has 1 rings (SSSR count). The second kappa shape index (κ2) is 8.97. The Bertz CT molecular complexity index is 468. The molecule has 0 saturated carbocycles. The second-order valence-corrected chi connectivity index (χ2v) is 6.95. The van der Waals surface area contributed by atoms with Crippen molar-refractivity contribution in [1.82, 2.24) is 0 Å². The molecule has 0 unspecified atom stereocenters. The summed E-state index contributed by atoms with van der Waals surface area (Å²) in [5.41, 5.74) is 0.939. The SMILES string of the molecule is CCCCOCCCNc1ccc(S(=O)(=O)CC)cc1. The van der Waals surface area contributed by atoms with Gasteiger partial charge in [0, 0.05) is 25.4 Å². The zero-order valence-corrected chi connectivity index (χ0v) is 13.2. The number of nitrogens with one attached hydrogen (secondary N) is 1. The maximum atomic E-state index is 11.7. The Balaban J connectivity index is 2.29. The molecule has 0 spiro atoms. The fraction of sp³-hybridized carbons (Fsp3) is 0.600. The van der Waals surface area contributed by atoms with Crippen LogP contribution in [0.4, 0.5) is 5.69 Å². The van der Waals surface area contributed by atoms with E-state index in [1.54, 1.807) is 31.2 Å². The van der Waals surface area contributed by atoms with Crippen LogP contribution in [-0.2, 0) is 14.6 Å². The van der Waals surface area contributed by atoms with Crippen LogP contribution in [0.25, 0.3) is 0 Å². The maximum absolute atomic E-state index is 11.7. The highest BCUT2D eigenvalue weighted by Gasteiger charge is 2.10. The standard InChI is InChI=1S/C15H25NO3S/c1-3-5-12-19-13-6-11-16-14-7-9-15(10-8-14)20(17,18)4-2/h7-10,16H,3-6,11-13H2,1-2H3. The monoisotopic (exact) mass is 299 g/mol. The second-order valence-electron chi connectivity index (χ2n) is 4.67. The topological polar surface area (TPSA) is 55.4 Å². The molecule has 0 aliphatic heterocycles. The molecule has 1 aromatic rings. The summed E-state index contributed by atoms with van der Waals surface area (Å²) in [6.07, 6.45) is 3.21. The number of unbranched alkanes of at least 4 members (excludes halogenated alkanes) is 1. The lowest BCUT2D eigenvalue weighted by Gasteiger charge is -2.08. The molecular weight excluding hydrogens is 274 g/mol. The van der Waals surface area contributed by atoms with Crippen LogP contribution in [0.1, 0.15) is 33.1 Å². The Labute approximate surface area is 122 Å². The van der Waals surface area contributed by atoms with Crippen LogP contribution in [-0.4, -0.2) is 33.9 Å². The van der Waals surface area contributed by atoms with Crippen molar-refractivity contribution < 1.29 is 13.2 Å². The molecule has 20 heavy (non-hydrogen) atoms. The number of sulfone groups is 1. The van der Waals surface area contributed by atoms with Gasteiger partial charge in [-0.25, -0.2) is 8.42 Å². The average molecular weight is 299 g/mol. The summed E-state index contributed by atoms with van der Waals surface area (Å²) in [4.78, 5) is 0.383. The van der Waals surface area contributed by atoms with Crippen molar-refractivity contribution in [3.05, 3.63) is 24.3 Å². The summed E-state index contributed by atoms with van der Waals surface area (Å²) < 4.78 is 28.8. The van der Waals surface area contributed by atoms with Gasteiger partial charge < -0.3 is 10.1 Å². The third kappa shape index (κ3) is 5.92. The highest BCUT2D eigenvalue weighted by atomic mass is 32.2. The fourth-order valence-corrected chi connectivity index (χ4v) is 2.59. The summed E-state index contributed by atoms with van der Waals surface area (Å²) in [7, 11) is -3.10. The van der Waals surface area contributed by atoms with Gasteiger partial charge in [0.2, 0.25) is 0 Å². The van der Waals surface area contributed by atoms with Crippen molar-refractivity contribution in [2.45, 2.75) is 38.0 Å². The van der Waals surface area contributed by atoms with E-state index in [1.165, 1.54) is 0 Å². The molecule has 0 radical (unpaired) electrons. The molecule has 0 amide bonds. The highest BCUT2D eigenvalue weighted by molar-refractivity contribution is 7.91. The first-order valence-electron chi connectivity index (χ1n) is 7.24. The number of rotatable bonds is 10. The van der Waals surface area contributed by atoms with Gasteiger partial charge in [0.1, 0.15) is 0 Å². The van der Waals surface area contributed by atoms with Crippen molar-refractivity contribution in [2.24, 2.45) is 0 Å². The molecule has 0 aliphatic rings. The Kier molecular flexibility index (Phi) is 7.62. The van der Waals surface area contributed by atoms with Gasteiger partial charge in [-0.3, -0.25) is 0 Å². The summed E-state index contributed by atoms with van der Waals surface area (Å²) >= 11 is 0. The summed E-state index contributed by atoms with van der Waals surface area (Å²) in [5.74, 6) is 0.134. The lowest BCUT2D eigenvalue weighted by atomic mass is 10.3. The van der Waals surface area contributed by atoms with Crippen molar-refractivity contribution in [2.75, 3.05) is 30.8 Å². The highest BCUT2D eigenvalue weighted by Crippen LogP contribution is 2.15. The lowest BCUT2D eigenvalue weighted by molar-refractivity contribution is 0.131. The largest absolute Gasteiger partial charge is 0.385 e. The van der Waals surface area contributed by atoms with Gasteiger partial charge in [0.05, 0.1) is 10.6 Å². The predicted molar refractivity (Wildman–Crippen MR) is 83.0 cm³/mol. The molecule has 0 aromatic heterocycles. The van der Waals surface area contributed by atoms with Crippen LogP contribution in [0.2, 0.25) is 0 Å². The van der Waals surface area contributed by atoms with Crippen LogP contribution in [0.15, 0.2) is 29.2 Å². The molecule has 4 nitrogen and oxygen atoms in total. The van der Waals surface area contributed by atoms with Gasteiger partial charge in [-0.05, 0) is 37.1 Å². The van der Waals surface area contributed by atoms with Gasteiger partial charge in [-0.1, -0.05) is 20.3 Å². The molecule has 5 heteroatoms. The number of hydrogen-bond acceptors (Lipinski definition) is 4. The molecule has 0 aliphatic carbocycles. The van der Waals surface area contributed by atoms with E-state index in [1.807, 2.05) is 0 Å². The quantitative estimate of drug-likeness (QED) is 0.675.